The molecule has 0 spiro atoms. The standard InChI is InChI=1S/C16H14O2/c17-10-15(18)16-13-7-3-1-5-11(13)9-12-6-2-4-8-14(12)16/h1-9,15,17-18H,10H2/t15-/m0/s1. The molecule has 0 bridgehead atoms. The van der Waals surface area contributed by atoms with Gasteiger partial charge in [-0.2, -0.15) is 0 Å². The highest BCUT2D eigenvalue weighted by Gasteiger charge is 2.14. The van der Waals surface area contributed by atoms with E-state index in [2.05, 4.69) is 6.07 Å². The lowest BCUT2D eigenvalue weighted by molar-refractivity contribution is 0.0978. The lowest BCUT2D eigenvalue weighted by atomic mass is 9.94. The summed E-state index contributed by atoms with van der Waals surface area (Å²) in [7, 11) is 0. The molecule has 0 aliphatic carbocycles. The van der Waals surface area contributed by atoms with Crippen LogP contribution in [-0.4, -0.2) is 16.8 Å². The maximum Gasteiger partial charge on any atom is 0.103 e. The SMILES string of the molecule is OC[C@H](O)c1c2ccccc2cc2ccccc12. The molecule has 0 heterocycles. The molecule has 3 aromatic carbocycles. The Morgan fingerprint density at radius 3 is 1.83 bits per heavy atom. The quantitative estimate of drug-likeness (QED) is 0.674. The van der Waals surface area contributed by atoms with Crippen LogP contribution in [-0.2, 0) is 0 Å². The third-order valence-electron chi connectivity index (χ3n) is 3.32. The molecule has 0 aliphatic heterocycles. The summed E-state index contributed by atoms with van der Waals surface area (Å²) in [6, 6.07) is 18.0. The second-order valence-corrected chi connectivity index (χ2v) is 4.43. The predicted octanol–water partition coefficient (Wildman–Crippen LogP) is 3.02. The third-order valence-corrected chi connectivity index (χ3v) is 3.32. The minimum Gasteiger partial charge on any atom is -0.393 e. The van der Waals surface area contributed by atoms with Gasteiger partial charge >= 0.3 is 0 Å². The van der Waals surface area contributed by atoms with Crippen molar-refractivity contribution >= 4 is 21.5 Å². The van der Waals surface area contributed by atoms with Crippen molar-refractivity contribution in [1.82, 2.24) is 0 Å². The molecule has 2 heteroatoms. The Morgan fingerprint density at radius 2 is 1.33 bits per heavy atom. The van der Waals surface area contributed by atoms with Gasteiger partial charge in [0.2, 0.25) is 0 Å². The number of aliphatic hydroxyl groups excluding tert-OH is 2. The van der Waals surface area contributed by atoms with Crippen molar-refractivity contribution < 1.29 is 10.2 Å². The number of hydrogen-bond acceptors (Lipinski definition) is 2. The normalized spacial score (nSPS) is 13.0. The zero-order valence-corrected chi connectivity index (χ0v) is 9.88. The molecule has 3 aromatic rings. The van der Waals surface area contributed by atoms with Crippen molar-refractivity contribution in [3.8, 4) is 0 Å². The molecule has 0 aliphatic rings. The van der Waals surface area contributed by atoms with Crippen molar-refractivity contribution in [2.45, 2.75) is 6.10 Å². The van der Waals surface area contributed by atoms with Gasteiger partial charge in [-0.3, -0.25) is 0 Å². The summed E-state index contributed by atoms with van der Waals surface area (Å²) in [6.45, 7) is -0.266. The van der Waals surface area contributed by atoms with Crippen LogP contribution in [0, 0.1) is 0 Å². The molecule has 0 aromatic heterocycles. The highest BCUT2D eigenvalue weighted by molar-refractivity contribution is 6.02. The van der Waals surface area contributed by atoms with Crippen molar-refractivity contribution in [3.05, 3.63) is 60.2 Å². The number of rotatable bonds is 2. The molecule has 2 nitrogen and oxygen atoms in total. The van der Waals surface area contributed by atoms with E-state index >= 15 is 0 Å². The van der Waals surface area contributed by atoms with E-state index in [1.165, 1.54) is 0 Å². The molecule has 90 valence electrons. The van der Waals surface area contributed by atoms with E-state index in [9.17, 15) is 10.2 Å². The Balaban J connectivity index is 2.49. The minimum absolute atomic E-state index is 0.266. The maximum atomic E-state index is 10.1. The average molecular weight is 238 g/mol. The topological polar surface area (TPSA) is 40.5 Å². The summed E-state index contributed by atoms with van der Waals surface area (Å²) < 4.78 is 0. The molecule has 0 saturated carbocycles. The fourth-order valence-corrected chi connectivity index (χ4v) is 2.50. The van der Waals surface area contributed by atoms with Gasteiger partial charge in [-0.25, -0.2) is 0 Å². The van der Waals surface area contributed by atoms with Crippen molar-refractivity contribution in [1.29, 1.82) is 0 Å². The Morgan fingerprint density at radius 1 is 0.833 bits per heavy atom. The number of aliphatic hydroxyl groups is 2. The first-order valence-corrected chi connectivity index (χ1v) is 6.00. The van der Waals surface area contributed by atoms with Gasteiger partial charge in [0.1, 0.15) is 6.10 Å². The van der Waals surface area contributed by atoms with Gasteiger partial charge in [-0.05, 0) is 33.2 Å². The summed E-state index contributed by atoms with van der Waals surface area (Å²) in [5.74, 6) is 0. The Hall–Kier alpha value is -1.90. The van der Waals surface area contributed by atoms with E-state index in [1.807, 2.05) is 48.5 Å². The molecular formula is C16H14O2. The van der Waals surface area contributed by atoms with Gasteiger partial charge < -0.3 is 10.2 Å². The van der Waals surface area contributed by atoms with Gasteiger partial charge in [-0.15, -0.1) is 0 Å². The van der Waals surface area contributed by atoms with Crippen LogP contribution in [0.2, 0.25) is 0 Å². The lowest BCUT2D eigenvalue weighted by Gasteiger charge is -2.15. The van der Waals surface area contributed by atoms with Gasteiger partial charge in [0, 0.05) is 0 Å². The Labute approximate surface area is 105 Å². The maximum absolute atomic E-state index is 10.1. The smallest absolute Gasteiger partial charge is 0.103 e. The van der Waals surface area contributed by atoms with Crippen LogP contribution in [0.25, 0.3) is 21.5 Å². The highest BCUT2D eigenvalue weighted by Crippen LogP contribution is 2.32. The molecule has 3 rings (SSSR count). The van der Waals surface area contributed by atoms with E-state index < -0.39 is 6.10 Å². The predicted molar refractivity (Wildman–Crippen MR) is 73.5 cm³/mol. The Kier molecular flexibility index (Phi) is 2.74. The van der Waals surface area contributed by atoms with Crippen LogP contribution >= 0.6 is 0 Å². The van der Waals surface area contributed by atoms with Crippen molar-refractivity contribution in [2.75, 3.05) is 6.61 Å². The van der Waals surface area contributed by atoms with E-state index in [-0.39, 0.29) is 6.61 Å². The summed E-state index contributed by atoms with van der Waals surface area (Å²) in [6.07, 6.45) is -0.846. The van der Waals surface area contributed by atoms with Crippen LogP contribution in [0.3, 0.4) is 0 Å². The summed E-state index contributed by atoms with van der Waals surface area (Å²) in [4.78, 5) is 0. The minimum atomic E-state index is -0.846. The first-order chi connectivity index (χ1) is 8.81. The molecular weight excluding hydrogens is 224 g/mol. The van der Waals surface area contributed by atoms with Gasteiger partial charge in [0.25, 0.3) is 0 Å². The number of hydrogen-bond donors (Lipinski definition) is 2. The molecule has 0 unspecified atom stereocenters. The lowest BCUT2D eigenvalue weighted by Crippen LogP contribution is -2.04. The number of fused-ring (bicyclic) bond motifs is 2. The van der Waals surface area contributed by atoms with E-state index in [4.69, 9.17) is 0 Å². The van der Waals surface area contributed by atoms with Crippen LogP contribution in [0.1, 0.15) is 11.7 Å². The third kappa shape index (κ3) is 1.67. The van der Waals surface area contributed by atoms with E-state index in [0.717, 1.165) is 27.1 Å². The summed E-state index contributed by atoms with van der Waals surface area (Å²) in [5, 5.41) is 23.5. The second kappa shape index (κ2) is 4.41. The Bertz CT molecular complexity index is 650. The molecule has 1 atom stereocenters. The monoisotopic (exact) mass is 238 g/mol. The van der Waals surface area contributed by atoms with Crippen LogP contribution in [0.5, 0.6) is 0 Å². The van der Waals surface area contributed by atoms with Gasteiger partial charge in [-0.1, -0.05) is 48.5 Å². The molecule has 2 N–H and O–H groups in total. The van der Waals surface area contributed by atoms with E-state index in [1.54, 1.807) is 0 Å². The molecule has 0 radical (unpaired) electrons. The number of benzene rings is 3. The molecule has 0 fully saturated rings. The molecule has 0 amide bonds. The average Bonchev–Trinajstić information content (AvgIpc) is 2.44. The van der Waals surface area contributed by atoms with Crippen LogP contribution in [0.15, 0.2) is 54.6 Å². The first kappa shape index (κ1) is 11.2. The summed E-state index contributed by atoms with van der Waals surface area (Å²) in [5.41, 5.74) is 0.811. The van der Waals surface area contributed by atoms with Crippen LogP contribution < -0.4 is 0 Å². The largest absolute Gasteiger partial charge is 0.393 e. The molecule has 18 heavy (non-hydrogen) atoms. The van der Waals surface area contributed by atoms with Crippen molar-refractivity contribution in [2.24, 2.45) is 0 Å². The molecule has 0 saturated heterocycles. The van der Waals surface area contributed by atoms with E-state index in [0.29, 0.717) is 0 Å². The fourth-order valence-electron chi connectivity index (χ4n) is 2.50. The zero-order valence-electron chi connectivity index (χ0n) is 9.88. The summed E-state index contributed by atoms with van der Waals surface area (Å²) >= 11 is 0. The second-order valence-electron chi connectivity index (χ2n) is 4.43. The van der Waals surface area contributed by atoms with Crippen molar-refractivity contribution in [3.63, 3.8) is 0 Å². The highest BCUT2D eigenvalue weighted by atomic mass is 16.3. The first-order valence-electron chi connectivity index (χ1n) is 6.00. The zero-order chi connectivity index (χ0) is 12.5. The van der Waals surface area contributed by atoms with Gasteiger partial charge in [0.05, 0.1) is 6.61 Å². The van der Waals surface area contributed by atoms with Gasteiger partial charge in [0.15, 0.2) is 0 Å². The fraction of sp³-hybridized carbons (Fsp3) is 0.125. The van der Waals surface area contributed by atoms with Crippen LogP contribution in [0.4, 0.5) is 0 Å².